The van der Waals surface area contributed by atoms with E-state index in [1.807, 2.05) is 0 Å². The normalized spacial score (nSPS) is 38.6. The molecule has 94 valence electrons. The lowest BCUT2D eigenvalue weighted by Gasteiger charge is -2.39. The highest BCUT2D eigenvalue weighted by Crippen LogP contribution is 2.64. The van der Waals surface area contributed by atoms with Crippen LogP contribution in [0.1, 0.15) is 40.0 Å². The van der Waals surface area contributed by atoms with Crippen molar-refractivity contribution in [1.29, 1.82) is 0 Å². The molecule has 0 aromatic rings. The number of aliphatic hydroxyl groups excluding tert-OH is 1. The van der Waals surface area contributed by atoms with Crippen LogP contribution in [0.15, 0.2) is 0 Å². The van der Waals surface area contributed by atoms with E-state index in [0.29, 0.717) is 17.7 Å². The maximum atomic E-state index is 9.40. The molecular weight excluding hydrogens is 216 g/mol. The smallest absolute Gasteiger partial charge is 0.192 e. The van der Waals surface area contributed by atoms with E-state index < -0.39 is 8.32 Å². The molecule has 3 atom stereocenters. The molecule has 0 saturated heterocycles. The third-order valence-corrected chi connectivity index (χ3v) is 9.66. The minimum absolute atomic E-state index is 0.271. The summed E-state index contributed by atoms with van der Waals surface area (Å²) in [4.78, 5) is 0. The molecule has 1 N–H and O–H groups in total. The first-order valence-corrected chi connectivity index (χ1v) is 9.40. The lowest BCUT2D eigenvalue weighted by molar-refractivity contribution is 0.141. The van der Waals surface area contributed by atoms with Crippen LogP contribution in [0.25, 0.3) is 0 Å². The molecule has 2 nitrogen and oxygen atoms in total. The van der Waals surface area contributed by atoms with Crippen molar-refractivity contribution in [2.24, 2.45) is 11.3 Å². The summed E-state index contributed by atoms with van der Waals surface area (Å²) >= 11 is 0. The monoisotopic (exact) mass is 242 g/mol. The fraction of sp³-hybridized carbons (Fsp3) is 1.00. The third-order valence-electron chi connectivity index (χ3n) is 5.12. The van der Waals surface area contributed by atoms with Gasteiger partial charge in [0.2, 0.25) is 0 Å². The van der Waals surface area contributed by atoms with Crippen LogP contribution in [0.5, 0.6) is 0 Å². The maximum absolute atomic E-state index is 9.40. The van der Waals surface area contributed by atoms with Crippen LogP contribution in [0.2, 0.25) is 18.1 Å². The van der Waals surface area contributed by atoms with E-state index in [0.717, 1.165) is 12.3 Å². The highest BCUT2D eigenvalue weighted by molar-refractivity contribution is 6.74. The molecule has 2 fully saturated rings. The molecule has 2 rings (SSSR count). The molecule has 0 radical (unpaired) electrons. The van der Waals surface area contributed by atoms with Crippen LogP contribution in [-0.2, 0) is 4.43 Å². The summed E-state index contributed by atoms with van der Waals surface area (Å²) < 4.78 is 6.42. The summed E-state index contributed by atoms with van der Waals surface area (Å²) in [5.74, 6) is 0.757. The van der Waals surface area contributed by atoms with Crippen molar-refractivity contribution < 1.29 is 9.53 Å². The van der Waals surface area contributed by atoms with Gasteiger partial charge in [-0.25, -0.2) is 0 Å². The number of hydrogen-bond donors (Lipinski definition) is 1. The Kier molecular flexibility index (Phi) is 2.80. The van der Waals surface area contributed by atoms with Crippen LogP contribution in [-0.4, -0.2) is 26.1 Å². The standard InChI is InChI=1S/C13H26O2Si/c1-12(2,3)16(4,5)15-11-6-10-7-13(10,8-11)9-14/h10-11,14H,6-9H2,1-5H3. The second-order valence-corrected chi connectivity index (χ2v) is 12.1. The zero-order chi connectivity index (χ0) is 12.2. The van der Waals surface area contributed by atoms with E-state index in [2.05, 4.69) is 33.9 Å². The Morgan fingerprint density at radius 1 is 1.31 bits per heavy atom. The first-order chi connectivity index (χ1) is 7.20. The third kappa shape index (κ3) is 1.98. The van der Waals surface area contributed by atoms with Crippen molar-refractivity contribution in [3.63, 3.8) is 0 Å². The quantitative estimate of drug-likeness (QED) is 0.770. The Hall–Kier alpha value is 0.137. The van der Waals surface area contributed by atoms with Gasteiger partial charge in [0.1, 0.15) is 0 Å². The average Bonchev–Trinajstić information content (AvgIpc) is 2.67. The van der Waals surface area contributed by atoms with Gasteiger partial charge in [-0.2, -0.15) is 0 Å². The Balaban J connectivity index is 1.93. The van der Waals surface area contributed by atoms with E-state index >= 15 is 0 Å². The van der Waals surface area contributed by atoms with Gasteiger partial charge in [0, 0.05) is 12.7 Å². The second kappa shape index (κ2) is 3.56. The van der Waals surface area contributed by atoms with Gasteiger partial charge < -0.3 is 9.53 Å². The minimum Gasteiger partial charge on any atom is -0.414 e. The number of rotatable bonds is 3. The van der Waals surface area contributed by atoms with Gasteiger partial charge in [0.05, 0.1) is 0 Å². The first kappa shape index (κ1) is 12.6. The van der Waals surface area contributed by atoms with Gasteiger partial charge in [0.15, 0.2) is 8.32 Å². The molecular formula is C13H26O2Si. The van der Waals surface area contributed by atoms with Gasteiger partial charge >= 0.3 is 0 Å². The van der Waals surface area contributed by atoms with E-state index in [-0.39, 0.29) is 5.41 Å². The van der Waals surface area contributed by atoms with Gasteiger partial charge in [-0.15, -0.1) is 0 Å². The molecule has 16 heavy (non-hydrogen) atoms. The second-order valence-electron chi connectivity index (χ2n) is 7.36. The van der Waals surface area contributed by atoms with Crippen molar-refractivity contribution in [3.8, 4) is 0 Å². The fourth-order valence-electron chi connectivity index (χ4n) is 2.81. The molecule has 3 heteroatoms. The molecule has 2 saturated carbocycles. The van der Waals surface area contributed by atoms with Crippen LogP contribution in [0.3, 0.4) is 0 Å². The topological polar surface area (TPSA) is 29.5 Å². The number of hydrogen-bond acceptors (Lipinski definition) is 2. The molecule has 0 aliphatic heterocycles. The van der Waals surface area contributed by atoms with Crippen LogP contribution in [0.4, 0.5) is 0 Å². The average molecular weight is 242 g/mol. The van der Waals surface area contributed by atoms with Gasteiger partial charge in [0.25, 0.3) is 0 Å². The van der Waals surface area contributed by atoms with Crippen molar-refractivity contribution in [2.45, 2.75) is 64.3 Å². The molecule has 0 amide bonds. The Morgan fingerprint density at radius 3 is 2.38 bits per heavy atom. The Bertz CT molecular complexity index is 278. The zero-order valence-corrected chi connectivity index (χ0v) is 12.3. The Labute approximate surface area is 101 Å². The predicted octanol–water partition coefficient (Wildman–Crippen LogP) is 3.17. The van der Waals surface area contributed by atoms with Crippen molar-refractivity contribution >= 4 is 8.32 Å². The predicted molar refractivity (Wildman–Crippen MR) is 68.9 cm³/mol. The lowest BCUT2D eigenvalue weighted by atomic mass is 10.1. The highest BCUT2D eigenvalue weighted by Gasteiger charge is 2.60. The van der Waals surface area contributed by atoms with Crippen molar-refractivity contribution in [3.05, 3.63) is 0 Å². The summed E-state index contributed by atoms with van der Waals surface area (Å²) in [6.45, 7) is 11.9. The van der Waals surface area contributed by atoms with Gasteiger partial charge in [-0.1, -0.05) is 20.8 Å². The fourth-order valence-corrected chi connectivity index (χ4v) is 4.18. The van der Waals surface area contributed by atoms with Gasteiger partial charge in [-0.05, 0) is 48.7 Å². The molecule has 3 unspecified atom stereocenters. The highest BCUT2D eigenvalue weighted by atomic mass is 28.4. The molecule has 0 heterocycles. The minimum atomic E-state index is -1.61. The van der Waals surface area contributed by atoms with Crippen LogP contribution < -0.4 is 0 Å². The largest absolute Gasteiger partial charge is 0.414 e. The van der Waals surface area contributed by atoms with Crippen molar-refractivity contribution in [2.75, 3.05) is 6.61 Å². The molecule has 0 aromatic heterocycles. The van der Waals surface area contributed by atoms with E-state index in [1.165, 1.54) is 12.8 Å². The van der Waals surface area contributed by atoms with E-state index in [1.54, 1.807) is 0 Å². The molecule has 2 aliphatic rings. The molecule has 0 spiro atoms. The molecule has 2 aliphatic carbocycles. The summed E-state index contributed by atoms with van der Waals surface area (Å²) in [6.07, 6.45) is 3.95. The van der Waals surface area contributed by atoms with E-state index in [9.17, 15) is 5.11 Å². The first-order valence-electron chi connectivity index (χ1n) is 6.49. The van der Waals surface area contributed by atoms with E-state index in [4.69, 9.17) is 4.43 Å². The van der Waals surface area contributed by atoms with Gasteiger partial charge in [-0.3, -0.25) is 0 Å². The number of fused-ring (bicyclic) bond motifs is 1. The maximum Gasteiger partial charge on any atom is 0.192 e. The van der Waals surface area contributed by atoms with Crippen LogP contribution in [0, 0.1) is 11.3 Å². The SMILES string of the molecule is CC(C)(C)[Si](C)(C)OC1CC2CC2(CO)C1. The zero-order valence-electron chi connectivity index (χ0n) is 11.3. The summed E-state index contributed by atoms with van der Waals surface area (Å²) in [5.41, 5.74) is 0.271. The molecule has 0 bridgehead atoms. The lowest BCUT2D eigenvalue weighted by Crippen LogP contribution is -2.43. The van der Waals surface area contributed by atoms with Crippen molar-refractivity contribution in [1.82, 2.24) is 0 Å². The summed E-state index contributed by atoms with van der Waals surface area (Å²) in [7, 11) is -1.61. The van der Waals surface area contributed by atoms with Crippen LogP contribution >= 0.6 is 0 Å². The Morgan fingerprint density at radius 2 is 1.94 bits per heavy atom. The molecule has 0 aromatic carbocycles. The summed E-state index contributed by atoms with van der Waals surface area (Å²) in [6, 6.07) is 0. The number of aliphatic hydroxyl groups is 1. The summed E-state index contributed by atoms with van der Waals surface area (Å²) in [5, 5.41) is 9.70.